The summed E-state index contributed by atoms with van der Waals surface area (Å²) in [6.45, 7) is 3.45. The Morgan fingerprint density at radius 3 is 2.45 bits per heavy atom. The third-order valence-corrected chi connectivity index (χ3v) is 5.56. The van der Waals surface area contributed by atoms with Crippen LogP contribution in [0.5, 0.6) is 0 Å². The lowest BCUT2D eigenvalue weighted by atomic mass is 10.2. The summed E-state index contributed by atoms with van der Waals surface area (Å²) < 4.78 is 25.6. The van der Waals surface area contributed by atoms with Crippen molar-refractivity contribution in [3.8, 4) is 0 Å². The fourth-order valence-corrected chi connectivity index (χ4v) is 3.93. The minimum absolute atomic E-state index is 0.141. The first-order chi connectivity index (χ1) is 10.3. The van der Waals surface area contributed by atoms with Crippen molar-refractivity contribution < 1.29 is 23.5 Å². The molecular weight excluding hydrogens is 334 g/mol. The van der Waals surface area contributed by atoms with Crippen molar-refractivity contribution in [1.82, 2.24) is 9.25 Å². The Kier molecular flexibility index (Phi) is 4.84. The van der Waals surface area contributed by atoms with Crippen molar-refractivity contribution in [3.05, 3.63) is 44.9 Å². The molecule has 0 amide bonds. The Hall–Kier alpha value is -1.50. The largest absolute Gasteiger partial charge is 0.269 e. The Bertz CT molecular complexity index is 716. The van der Waals surface area contributed by atoms with E-state index in [0.29, 0.717) is 5.57 Å². The van der Waals surface area contributed by atoms with Gasteiger partial charge >= 0.3 is 0 Å². The quantitative estimate of drug-likeness (QED) is 0.358. The lowest BCUT2D eigenvalue weighted by Crippen LogP contribution is -2.43. The Balaban J connectivity index is 2.20. The normalized spacial score (nSPS) is 19.7. The minimum Gasteiger partial charge on any atom is -0.258 e. The summed E-state index contributed by atoms with van der Waals surface area (Å²) in [6, 6.07) is 4.45. The number of nitro groups is 1. The highest BCUT2D eigenvalue weighted by Crippen LogP contribution is 2.36. The summed E-state index contributed by atoms with van der Waals surface area (Å²) in [5, 5.41) is 19.5. The standard InChI is InChI=1S/C11H13N3O6S2/c1-7-8(2)21-13(11(7)20-17)12-22(18,19)10-5-3-9(4-6-10)14(15)16/h3-6,11-12,17H,1-2H3. The van der Waals surface area contributed by atoms with E-state index in [0.717, 1.165) is 45.5 Å². The number of nitrogens with one attached hydrogen (secondary N) is 1. The van der Waals surface area contributed by atoms with E-state index in [4.69, 9.17) is 5.26 Å². The predicted octanol–water partition coefficient (Wildman–Crippen LogP) is 1.86. The topological polar surface area (TPSA) is 122 Å². The van der Waals surface area contributed by atoms with E-state index in [1.807, 2.05) is 0 Å². The van der Waals surface area contributed by atoms with E-state index in [1.165, 1.54) is 0 Å². The molecule has 0 fully saturated rings. The highest BCUT2D eigenvalue weighted by Gasteiger charge is 2.34. The number of nitrogens with zero attached hydrogens (tertiary/aromatic N) is 2. The van der Waals surface area contributed by atoms with Crippen LogP contribution in [0.2, 0.25) is 0 Å². The summed E-state index contributed by atoms with van der Waals surface area (Å²) in [5.74, 6) is 0. The molecule has 2 rings (SSSR count). The molecule has 0 saturated carbocycles. The summed E-state index contributed by atoms with van der Waals surface area (Å²) in [4.78, 5) is 17.1. The summed E-state index contributed by atoms with van der Waals surface area (Å²) in [7, 11) is -3.96. The van der Waals surface area contributed by atoms with Gasteiger partial charge in [0.15, 0.2) is 6.23 Å². The van der Waals surface area contributed by atoms with Crippen molar-refractivity contribution >= 4 is 27.7 Å². The fraction of sp³-hybridized carbons (Fsp3) is 0.273. The van der Waals surface area contributed by atoms with E-state index in [9.17, 15) is 18.5 Å². The van der Waals surface area contributed by atoms with Crippen molar-refractivity contribution in [2.45, 2.75) is 25.0 Å². The molecule has 2 N–H and O–H groups in total. The average molecular weight is 347 g/mol. The van der Waals surface area contributed by atoms with Gasteiger partial charge in [-0.25, -0.2) is 18.6 Å². The molecule has 1 heterocycles. The van der Waals surface area contributed by atoms with Gasteiger partial charge in [0.05, 0.1) is 9.82 Å². The monoisotopic (exact) mass is 347 g/mol. The van der Waals surface area contributed by atoms with Crippen molar-refractivity contribution in [2.24, 2.45) is 0 Å². The van der Waals surface area contributed by atoms with Crippen molar-refractivity contribution in [3.63, 3.8) is 0 Å². The molecule has 0 spiro atoms. The molecule has 0 aliphatic carbocycles. The molecule has 0 radical (unpaired) electrons. The van der Waals surface area contributed by atoms with Gasteiger partial charge in [-0.1, -0.05) is 0 Å². The average Bonchev–Trinajstić information content (AvgIpc) is 2.72. The number of rotatable bonds is 5. The third kappa shape index (κ3) is 3.29. The molecule has 0 saturated heterocycles. The van der Waals surface area contributed by atoms with Crippen LogP contribution >= 0.6 is 11.9 Å². The summed E-state index contributed by atoms with van der Waals surface area (Å²) >= 11 is 1.07. The number of hydrogen-bond acceptors (Lipinski definition) is 8. The molecule has 1 unspecified atom stereocenters. The number of nitro benzene ring substituents is 1. The zero-order valence-electron chi connectivity index (χ0n) is 11.6. The zero-order valence-corrected chi connectivity index (χ0v) is 13.2. The molecule has 0 aromatic heterocycles. The van der Waals surface area contributed by atoms with Gasteiger partial charge in [0.1, 0.15) is 0 Å². The van der Waals surface area contributed by atoms with Gasteiger partial charge in [0.25, 0.3) is 15.7 Å². The molecule has 1 aliphatic rings. The van der Waals surface area contributed by atoms with Gasteiger partial charge in [-0.15, -0.1) is 9.25 Å². The van der Waals surface area contributed by atoms with Gasteiger partial charge in [-0.3, -0.25) is 10.1 Å². The molecule has 120 valence electrons. The maximum absolute atomic E-state index is 12.3. The van der Waals surface area contributed by atoms with E-state index >= 15 is 0 Å². The first kappa shape index (κ1) is 16.9. The van der Waals surface area contributed by atoms with E-state index in [1.54, 1.807) is 13.8 Å². The van der Waals surface area contributed by atoms with Gasteiger partial charge in [0.2, 0.25) is 0 Å². The summed E-state index contributed by atoms with van der Waals surface area (Å²) in [5.41, 5.74) is 0.457. The Labute approximate surface area is 130 Å². The molecule has 1 aromatic rings. The van der Waals surface area contributed by atoms with Crippen LogP contribution < -0.4 is 4.83 Å². The first-order valence-electron chi connectivity index (χ1n) is 5.98. The molecular formula is C11H13N3O6S2. The molecule has 22 heavy (non-hydrogen) atoms. The van der Waals surface area contributed by atoms with Crippen LogP contribution in [-0.2, 0) is 14.9 Å². The van der Waals surface area contributed by atoms with Crippen LogP contribution in [0.3, 0.4) is 0 Å². The van der Waals surface area contributed by atoms with Crippen LogP contribution in [-0.4, -0.2) is 29.2 Å². The first-order valence-corrected chi connectivity index (χ1v) is 8.23. The second-order valence-corrected chi connectivity index (χ2v) is 7.31. The van der Waals surface area contributed by atoms with Crippen LogP contribution in [0.1, 0.15) is 13.8 Å². The van der Waals surface area contributed by atoms with Gasteiger partial charge < -0.3 is 0 Å². The molecule has 1 aromatic carbocycles. The maximum Gasteiger partial charge on any atom is 0.269 e. The Morgan fingerprint density at radius 1 is 1.36 bits per heavy atom. The number of sulfonamides is 1. The van der Waals surface area contributed by atoms with Crippen molar-refractivity contribution in [1.29, 1.82) is 0 Å². The number of benzene rings is 1. The molecule has 1 atom stereocenters. The van der Waals surface area contributed by atoms with Gasteiger partial charge in [0, 0.05) is 17.0 Å². The SMILES string of the molecule is CC1=C(C)C(OO)N(NS(=O)(=O)c2ccc([N+](=O)[O-])cc2)S1. The number of hydrazine groups is 1. The number of allylic oxidation sites excluding steroid dienone is 1. The predicted molar refractivity (Wildman–Crippen MR) is 78.7 cm³/mol. The highest BCUT2D eigenvalue weighted by atomic mass is 32.2. The summed E-state index contributed by atoms with van der Waals surface area (Å²) in [6.07, 6.45) is -0.946. The second-order valence-electron chi connectivity index (χ2n) is 4.46. The third-order valence-electron chi connectivity index (χ3n) is 3.04. The second kappa shape index (κ2) is 6.32. The fourth-order valence-electron chi connectivity index (χ4n) is 1.72. The minimum atomic E-state index is -3.96. The van der Waals surface area contributed by atoms with Crippen LogP contribution in [0, 0.1) is 10.1 Å². The van der Waals surface area contributed by atoms with Crippen LogP contribution in [0.25, 0.3) is 0 Å². The van der Waals surface area contributed by atoms with Gasteiger partial charge in [-0.05, 0) is 43.5 Å². The molecule has 0 bridgehead atoms. The zero-order chi connectivity index (χ0) is 16.5. The van der Waals surface area contributed by atoms with Crippen molar-refractivity contribution in [2.75, 3.05) is 0 Å². The van der Waals surface area contributed by atoms with Gasteiger partial charge in [-0.2, -0.15) is 0 Å². The molecule has 1 aliphatic heterocycles. The van der Waals surface area contributed by atoms with E-state index in [-0.39, 0.29) is 10.6 Å². The number of non-ortho nitro benzene ring substituents is 1. The van der Waals surface area contributed by atoms with Crippen LogP contribution in [0.4, 0.5) is 5.69 Å². The smallest absolute Gasteiger partial charge is 0.258 e. The highest BCUT2D eigenvalue weighted by molar-refractivity contribution is 8.01. The lowest BCUT2D eigenvalue weighted by molar-refractivity contribution is -0.384. The lowest BCUT2D eigenvalue weighted by Gasteiger charge is -2.21. The number of hydrogen-bond donors (Lipinski definition) is 2. The van der Waals surface area contributed by atoms with Crippen LogP contribution in [0.15, 0.2) is 39.6 Å². The maximum atomic E-state index is 12.3. The molecule has 11 heteroatoms. The Morgan fingerprint density at radius 2 is 1.95 bits per heavy atom. The molecule has 9 nitrogen and oxygen atoms in total. The van der Waals surface area contributed by atoms with E-state index < -0.39 is 21.2 Å². The van der Waals surface area contributed by atoms with E-state index in [2.05, 4.69) is 9.72 Å².